The SMILES string of the molecule is C[C@@H](NC(=O)C(N)Cc1ccc(O)cc1)c1cccnc1. The third kappa shape index (κ3) is 4.29. The minimum Gasteiger partial charge on any atom is -0.508 e. The van der Waals surface area contributed by atoms with Gasteiger partial charge in [0, 0.05) is 12.4 Å². The molecule has 2 rings (SSSR count). The van der Waals surface area contributed by atoms with Crippen LogP contribution in [0, 0.1) is 0 Å². The number of rotatable bonds is 5. The predicted molar refractivity (Wildman–Crippen MR) is 80.6 cm³/mol. The molecule has 4 N–H and O–H groups in total. The molecular formula is C16H19N3O2. The van der Waals surface area contributed by atoms with Crippen molar-refractivity contribution in [2.24, 2.45) is 5.73 Å². The molecule has 2 atom stereocenters. The van der Waals surface area contributed by atoms with E-state index < -0.39 is 6.04 Å². The summed E-state index contributed by atoms with van der Waals surface area (Å²) in [6, 6.07) is 9.64. The van der Waals surface area contributed by atoms with Gasteiger partial charge in [-0.2, -0.15) is 0 Å². The van der Waals surface area contributed by atoms with Crippen LogP contribution in [-0.2, 0) is 11.2 Å². The number of aromatic hydroxyl groups is 1. The highest BCUT2D eigenvalue weighted by Gasteiger charge is 2.17. The van der Waals surface area contributed by atoms with Crippen LogP contribution in [-0.4, -0.2) is 22.0 Å². The molecule has 0 aliphatic heterocycles. The molecule has 0 fully saturated rings. The van der Waals surface area contributed by atoms with Gasteiger partial charge in [-0.25, -0.2) is 0 Å². The minimum atomic E-state index is -0.631. The minimum absolute atomic E-state index is 0.142. The topological polar surface area (TPSA) is 88.2 Å². The van der Waals surface area contributed by atoms with Crippen molar-refractivity contribution in [3.8, 4) is 5.75 Å². The van der Waals surface area contributed by atoms with Gasteiger partial charge < -0.3 is 16.2 Å². The maximum atomic E-state index is 12.1. The average molecular weight is 285 g/mol. The molecule has 1 unspecified atom stereocenters. The fraction of sp³-hybridized carbons (Fsp3) is 0.250. The van der Waals surface area contributed by atoms with Gasteiger partial charge in [-0.15, -0.1) is 0 Å². The Morgan fingerprint density at radius 3 is 2.67 bits per heavy atom. The van der Waals surface area contributed by atoms with Crippen molar-refractivity contribution in [3.05, 3.63) is 59.9 Å². The second-order valence-electron chi connectivity index (χ2n) is 4.99. The lowest BCUT2D eigenvalue weighted by atomic mass is 10.0. The van der Waals surface area contributed by atoms with Gasteiger partial charge >= 0.3 is 0 Å². The number of hydrogen-bond donors (Lipinski definition) is 3. The molecule has 0 radical (unpaired) electrons. The molecule has 0 saturated carbocycles. The third-order valence-electron chi connectivity index (χ3n) is 3.27. The zero-order valence-corrected chi connectivity index (χ0v) is 11.9. The van der Waals surface area contributed by atoms with Gasteiger partial charge in [0.2, 0.25) is 5.91 Å². The normalized spacial score (nSPS) is 13.4. The zero-order chi connectivity index (χ0) is 15.2. The van der Waals surface area contributed by atoms with Gasteiger partial charge in [-0.05, 0) is 42.7 Å². The number of nitrogens with zero attached hydrogens (tertiary/aromatic N) is 1. The first-order chi connectivity index (χ1) is 10.1. The van der Waals surface area contributed by atoms with Crippen LogP contribution in [0.2, 0.25) is 0 Å². The number of carbonyl (C=O) groups is 1. The van der Waals surface area contributed by atoms with E-state index in [9.17, 15) is 9.90 Å². The van der Waals surface area contributed by atoms with E-state index in [0.29, 0.717) is 6.42 Å². The molecule has 1 aromatic carbocycles. The zero-order valence-electron chi connectivity index (χ0n) is 11.9. The lowest BCUT2D eigenvalue weighted by molar-refractivity contribution is -0.123. The number of phenols is 1. The molecule has 5 nitrogen and oxygen atoms in total. The van der Waals surface area contributed by atoms with Crippen molar-refractivity contribution < 1.29 is 9.90 Å². The number of benzene rings is 1. The lowest BCUT2D eigenvalue weighted by Crippen LogP contribution is -2.42. The number of pyridine rings is 1. The van der Waals surface area contributed by atoms with Crippen molar-refractivity contribution in [2.45, 2.75) is 25.4 Å². The van der Waals surface area contributed by atoms with E-state index in [2.05, 4.69) is 10.3 Å². The van der Waals surface area contributed by atoms with E-state index in [-0.39, 0.29) is 17.7 Å². The first-order valence-corrected chi connectivity index (χ1v) is 6.80. The molecular weight excluding hydrogens is 266 g/mol. The summed E-state index contributed by atoms with van der Waals surface area (Å²) in [5.41, 5.74) is 7.76. The Labute approximate surface area is 123 Å². The molecule has 5 heteroatoms. The number of phenolic OH excluding ortho intramolecular Hbond substituents is 1. The molecule has 2 aromatic rings. The van der Waals surface area contributed by atoms with Gasteiger partial charge in [0.05, 0.1) is 12.1 Å². The molecule has 0 aliphatic carbocycles. The Morgan fingerprint density at radius 1 is 1.33 bits per heavy atom. The van der Waals surface area contributed by atoms with Crippen LogP contribution in [0.4, 0.5) is 0 Å². The van der Waals surface area contributed by atoms with Crippen molar-refractivity contribution in [1.29, 1.82) is 0 Å². The molecule has 0 spiro atoms. The van der Waals surface area contributed by atoms with Crippen molar-refractivity contribution in [3.63, 3.8) is 0 Å². The summed E-state index contributed by atoms with van der Waals surface area (Å²) in [6.45, 7) is 1.89. The molecule has 110 valence electrons. The Hall–Kier alpha value is -2.40. The molecule has 1 heterocycles. The summed E-state index contributed by atoms with van der Waals surface area (Å²) in [6.07, 6.45) is 3.83. The van der Waals surface area contributed by atoms with Crippen LogP contribution in [0.1, 0.15) is 24.1 Å². The smallest absolute Gasteiger partial charge is 0.237 e. The van der Waals surface area contributed by atoms with Crippen LogP contribution in [0.25, 0.3) is 0 Å². The average Bonchev–Trinajstić information content (AvgIpc) is 2.50. The highest BCUT2D eigenvalue weighted by molar-refractivity contribution is 5.82. The summed E-state index contributed by atoms with van der Waals surface area (Å²) < 4.78 is 0. The highest BCUT2D eigenvalue weighted by Crippen LogP contribution is 2.12. The molecule has 21 heavy (non-hydrogen) atoms. The quantitative estimate of drug-likeness (QED) is 0.777. The Morgan fingerprint density at radius 2 is 2.05 bits per heavy atom. The maximum absolute atomic E-state index is 12.1. The predicted octanol–water partition coefficient (Wildman–Crippen LogP) is 1.53. The fourth-order valence-corrected chi connectivity index (χ4v) is 2.01. The van der Waals surface area contributed by atoms with E-state index in [1.54, 1.807) is 36.7 Å². The molecule has 0 aliphatic rings. The maximum Gasteiger partial charge on any atom is 0.237 e. The van der Waals surface area contributed by atoms with Gasteiger partial charge in [0.15, 0.2) is 0 Å². The number of carbonyl (C=O) groups excluding carboxylic acids is 1. The van der Waals surface area contributed by atoms with E-state index in [1.807, 2.05) is 19.1 Å². The third-order valence-corrected chi connectivity index (χ3v) is 3.27. The van der Waals surface area contributed by atoms with Crippen LogP contribution in [0.15, 0.2) is 48.8 Å². The van der Waals surface area contributed by atoms with Gasteiger partial charge in [-0.1, -0.05) is 18.2 Å². The second kappa shape index (κ2) is 6.85. The first-order valence-electron chi connectivity index (χ1n) is 6.80. The van der Waals surface area contributed by atoms with Crippen LogP contribution in [0.3, 0.4) is 0 Å². The van der Waals surface area contributed by atoms with Crippen molar-refractivity contribution in [2.75, 3.05) is 0 Å². The summed E-state index contributed by atoms with van der Waals surface area (Å²) in [7, 11) is 0. The van der Waals surface area contributed by atoms with Gasteiger partial charge in [-0.3, -0.25) is 9.78 Å². The fourth-order valence-electron chi connectivity index (χ4n) is 2.01. The lowest BCUT2D eigenvalue weighted by Gasteiger charge is -2.17. The van der Waals surface area contributed by atoms with Crippen LogP contribution in [0.5, 0.6) is 5.75 Å². The monoisotopic (exact) mass is 285 g/mol. The van der Waals surface area contributed by atoms with Crippen LogP contribution >= 0.6 is 0 Å². The van der Waals surface area contributed by atoms with E-state index in [1.165, 1.54) is 0 Å². The van der Waals surface area contributed by atoms with Crippen LogP contribution < -0.4 is 11.1 Å². The number of amides is 1. The number of nitrogens with two attached hydrogens (primary N) is 1. The van der Waals surface area contributed by atoms with E-state index in [4.69, 9.17) is 5.73 Å². The number of aromatic nitrogens is 1. The number of hydrogen-bond acceptors (Lipinski definition) is 4. The van der Waals surface area contributed by atoms with Gasteiger partial charge in [0.25, 0.3) is 0 Å². The van der Waals surface area contributed by atoms with Crippen molar-refractivity contribution >= 4 is 5.91 Å². The molecule has 0 bridgehead atoms. The Balaban J connectivity index is 1.92. The summed E-state index contributed by atoms with van der Waals surface area (Å²) in [5.74, 6) is -0.0126. The summed E-state index contributed by atoms with van der Waals surface area (Å²) in [4.78, 5) is 16.1. The highest BCUT2D eigenvalue weighted by atomic mass is 16.3. The second-order valence-corrected chi connectivity index (χ2v) is 4.99. The van der Waals surface area contributed by atoms with E-state index in [0.717, 1.165) is 11.1 Å². The Bertz CT molecular complexity index is 584. The standard InChI is InChI=1S/C16H19N3O2/c1-11(13-3-2-8-18-10-13)19-16(21)15(17)9-12-4-6-14(20)7-5-12/h2-8,10-11,15,20H,9,17H2,1H3,(H,19,21)/t11-,15?/m1/s1. The molecule has 0 saturated heterocycles. The first kappa shape index (κ1) is 15.0. The largest absolute Gasteiger partial charge is 0.508 e. The molecule has 1 amide bonds. The molecule has 1 aromatic heterocycles. The van der Waals surface area contributed by atoms with Gasteiger partial charge in [0.1, 0.15) is 5.75 Å². The summed E-state index contributed by atoms with van der Waals surface area (Å²) in [5, 5.41) is 12.1. The Kier molecular flexibility index (Phi) is 4.90. The van der Waals surface area contributed by atoms with Crippen molar-refractivity contribution in [1.82, 2.24) is 10.3 Å². The van der Waals surface area contributed by atoms with E-state index >= 15 is 0 Å². The number of nitrogens with one attached hydrogen (secondary N) is 1. The summed E-state index contributed by atoms with van der Waals surface area (Å²) >= 11 is 0.